The minimum Gasteiger partial charge on any atom is -0.456 e. The predicted molar refractivity (Wildman–Crippen MR) is 103 cm³/mol. The van der Waals surface area contributed by atoms with Gasteiger partial charge in [0.05, 0.1) is 0 Å². The van der Waals surface area contributed by atoms with Crippen LogP contribution in [0.15, 0.2) is 40.5 Å². The van der Waals surface area contributed by atoms with Gasteiger partial charge in [0, 0.05) is 16.3 Å². The Morgan fingerprint density at radius 2 is 1.88 bits per heavy atom. The van der Waals surface area contributed by atoms with Crippen LogP contribution in [0.4, 0.5) is 0 Å². The topological polar surface area (TPSA) is 62.9 Å². The number of aliphatic hydroxyl groups excluding tert-OH is 1. The van der Waals surface area contributed by atoms with Crippen LogP contribution in [0, 0.1) is 13.8 Å². The fourth-order valence-corrected chi connectivity index (χ4v) is 3.53. The number of rotatable bonds is 2. The molecule has 1 N–H and O–H groups in total. The van der Waals surface area contributed by atoms with Crippen LogP contribution in [-0.2, 0) is 9.53 Å². The third-order valence-corrected chi connectivity index (χ3v) is 5.05. The van der Waals surface area contributed by atoms with E-state index in [2.05, 4.69) is 0 Å². The highest BCUT2D eigenvalue weighted by Gasteiger charge is 2.34. The normalized spacial score (nSPS) is 16.7. The lowest BCUT2D eigenvalue weighted by Gasteiger charge is -2.07. The van der Waals surface area contributed by atoms with E-state index < -0.39 is 12.6 Å². The maximum atomic E-state index is 12.4. The minimum absolute atomic E-state index is 0.0333. The quantitative estimate of drug-likeness (QED) is 0.547. The molecule has 1 fully saturated rings. The number of nitrogens with zero attached hydrogens (tertiary/aromatic N) is 1. The summed E-state index contributed by atoms with van der Waals surface area (Å²) in [7, 11) is 0. The van der Waals surface area contributed by atoms with E-state index in [1.54, 1.807) is 0 Å². The van der Waals surface area contributed by atoms with Gasteiger partial charge in [0.25, 0.3) is 11.1 Å². The first-order chi connectivity index (χ1) is 12.4. The summed E-state index contributed by atoms with van der Waals surface area (Å²) in [4.78, 5) is 13.4. The number of aryl methyl sites for hydroxylation is 2. The molecular weight excluding hydrogens is 350 g/mol. The molecule has 5 nitrogen and oxygen atoms in total. The summed E-state index contributed by atoms with van der Waals surface area (Å²) in [5, 5.41) is 11.3. The SMILES string of the molecule is C/C(=C1\OC(=S)N(CO)C1=O)c1cc(C)c2oc3c(C)cccc3c2c1. The number of aliphatic hydroxyl groups is 1. The molecular formula is C20H17NO4S. The highest BCUT2D eigenvalue weighted by atomic mass is 32.1. The molecule has 6 heteroatoms. The van der Waals surface area contributed by atoms with E-state index >= 15 is 0 Å². The van der Waals surface area contributed by atoms with Crippen LogP contribution in [0.3, 0.4) is 0 Å². The second-order valence-corrected chi connectivity index (χ2v) is 6.77. The molecule has 1 aliphatic heterocycles. The van der Waals surface area contributed by atoms with Crippen molar-refractivity contribution in [3.05, 3.63) is 52.8 Å². The highest BCUT2D eigenvalue weighted by molar-refractivity contribution is 7.80. The Balaban J connectivity index is 1.94. The molecule has 0 unspecified atom stereocenters. The first kappa shape index (κ1) is 16.8. The van der Waals surface area contributed by atoms with E-state index in [0.717, 1.165) is 43.5 Å². The third kappa shape index (κ3) is 2.34. The van der Waals surface area contributed by atoms with Crippen molar-refractivity contribution in [1.29, 1.82) is 0 Å². The maximum absolute atomic E-state index is 12.4. The number of carbonyl (C=O) groups excluding carboxylic acids is 1. The fraction of sp³-hybridized carbons (Fsp3) is 0.200. The number of ether oxygens (including phenoxy) is 1. The lowest BCUT2D eigenvalue weighted by Crippen LogP contribution is -2.29. The summed E-state index contributed by atoms with van der Waals surface area (Å²) in [6.07, 6.45) is 0. The summed E-state index contributed by atoms with van der Waals surface area (Å²) < 4.78 is 11.5. The monoisotopic (exact) mass is 367 g/mol. The molecule has 26 heavy (non-hydrogen) atoms. The first-order valence-electron chi connectivity index (χ1n) is 8.20. The average Bonchev–Trinajstić information content (AvgIpc) is 3.13. The molecule has 1 saturated heterocycles. The molecule has 0 saturated carbocycles. The van der Waals surface area contributed by atoms with Crippen molar-refractivity contribution in [2.24, 2.45) is 0 Å². The molecule has 0 spiro atoms. The number of hydrogen-bond donors (Lipinski definition) is 1. The van der Waals surface area contributed by atoms with Crippen LogP contribution in [0.2, 0.25) is 0 Å². The Bertz CT molecular complexity index is 1130. The van der Waals surface area contributed by atoms with Crippen LogP contribution >= 0.6 is 12.2 Å². The second kappa shape index (κ2) is 5.93. The molecule has 0 atom stereocenters. The number of allylic oxidation sites excluding steroid dienone is 1. The van der Waals surface area contributed by atoms with Gasteiger partial charge in [0.1, 0.15) is 17.9 Å². The Morgan fingerprint density at radius 1 is 1.15 bits per heavy atom. The van der Waals surface area contributed by atoms with Gasteiger partial charge in [-0.15, -0.1) is 0 Å². The smallest absolute Gasteiger partial charge is 0.299 e. The van der Waals surface area contributed by atoms with E-state index in [0.29, 0.717) is 5.57 Å². The lowest BCUT2D eigenvalue weighted by molar-refractivity contribution is -0.125. The standard InChI is InChI=1S/C20H17NO4S/c1-10-5-4-6-14-15-8-13(7-11(2)17(15)24-16(10)14)12(3)18-19(23)21(9-22)20(26)25-18/h4-8,22H,9H2,1-3H3/b18-12+. The minimum atomic E-state index is -0.502. The number of thiocarbonyl (C=S) groups is 1. The second-order valence-electron chi connectivity index (χ2n) is 6.42. The Labute approximate surface area is 155 Å². The van der Waals surface area contributed by atoms with Crippen molar-refractivity contribution in [2.45, 2.75) is 20.8 Å². The average molecular weight is 367 g/mol. The lowest BCUT2D eigenvalue weighted by atomic mass is 9.99. The molecule has 3 aromatic rings. The van der Waals surface area contributed by atoms with Gasteiger partial charge in [-0.3, -0.25) is 4.79 Å². The number of para-hydroxylation sites is 1. The zero-order valence-corrected chi connectivity index (χ0v) is 15.4. The molecule has 1 aliphatic rings. The molecule has 1 aromatic heterocycles. The molecule has 132 valence electrons. The van der Waals surface area contributed by atoms with Crippen LogP contribution in [-0.4, -0.2) is 27.8 Å². The van der Waals surface area contributed by atoms with Gasteiger partial charge >= 0.3 is 0 Å². The van der Waals surface area contributed by atoms with E-state index in [9.17, 15) is 9.90 Å². The first-order valence-corrected chi connectivity index (χ1v) is 8.61. The predicted octanol–water partition coefficient (Wildman–Crippen LogP) is 4.03. The molecule has 2 heterocycles. The van der Waals surface area contributed by atoms with Gasteiger partial charge in [-0.1, -0.05) is 18.2 Å². The third-order valence-electron chi connectivity index (χ3n) is 4.75. The van der Waals surface area contributed by atoms with Gasteiger partial charge < -0.3 is 14.3 Å². The Kier molecular flexibility index (Phi) is 3.82. The molecule has 0 bridgehead atoms. The van der Waals surface area contributed by atoms with Crippen molar-refractivity contribution in [1.82, 2.24) is 4.90 Å². The molecule has 4 rings (SSSR count). The van der Waals surface area contributed by atoms with Crippen LogP contribution in [0.1, 0.15) is 23.6 Å². The van der Waals surface area contributed by atoms with Crippen LogP contribution < -0.4 is 0 Å². The fourth-order valence-electron chi connectivity index (χ4n) is 3.31. The summed E-state index contributed by atoms with van der Waals surface area (Å²) >= 11 is 5.00. The van der Waals surface area contributed by atoms with E-state index in [1.807, 2.05) is 51.1 Å². The Hall–Kier alpha value is -2.70. The van der Waals surface area contributed by atoms with Crippen molar-refractivity contribution in [2.75, 3.05) is 6.73 Å². The summed E-state index contributed by atoms with van der Waals surface area (Å²) in [6.45, 7) is 5.30. The molecule has 0 aliphatic carbocycles. The number of hydrogen-bond acceptors (Lipinski definition) is 5. The summed E-state index contributed by atoms with van der Waals surface area (Å²) in [6, 6.07) is 10.0. The van der Waals surface area contributed by atoms with E-state index in [-0.39, 0.29) is 10.9 Å². The summed E-state index contributed by atoms with van der Waals surface area (Å²) in [5.41, 5.74) is 5.27. The number of amides is 1. The van der Waals surface area contributed by atoms with Crippen molar-refractivity contribution in [3.8, 4) is 0 Å². The molecule has 2 aromatic carbocycles. The summed E-state index contributed by atoms with van der Waals surface area (Å²) in [5.74, 6) is -0.285. The van der Waals surface area contributed by atoms with Crippen molar-refractivity contribution >= 4 is 50.8 Å². The van der Waals surface area contributed by atoms with E-state index in [1.165, 1.54) is 0 Å². The zero-order valence-electron chi connectivity index (χ0n) is 14.6. The Morgan fingerprint density at radius 3 is 2.58 bits per heavy atom. The van der Waals surface area contributed by atoms with Crippen molar-refractivity contribution < 1.29 is 19.1 Å². The number of furan rings is 1. The van der Waals surface area contributed by atoms with Crippen molar-refractivity contribution in [3.63, 3.8) is 0 Å². The molecule has 1 amide bonds. The van der Waals surface area contributed by atoms with Gasteiger partial charge in [0.2, 0.25) is 0 Å². The number of benzene rings is 2. The highest BCUT2D eigenvalue weighted by Crippen LogP contribution is 2.36. The van der Waals surface area contributed by atoms with Gasteiger partial charge in [-0.2, -0.15) is 0 Å². The maximum Gasteiger partial charge on any atom is 0.299 e. The van der Waals surface area contributed by atoms with Gasteiger partial charge in [-0.05, 0) is 61.8 Å². The van der Waals surface area contributed by atoms with E-state index in [4.69, 9.17) is 21.4 Å². The van der Waals surface area contributed by atoms with Gasteiger partial charge in [-0.25, -0.2) is 4.90 Å². The number of carbonyl (C=O) groups is 1. The van der Waals surface area contributed by atoms with Gasteiger partial charge in [0.15, 0.2) is 5.76 Å². The van der Waals surface area contributed by atoms with Crippen LogP contribution in [0.25, 0.3) is 27.5 Å². The van der Waals surface area contributed by atoms with Crippen LogP contribution in [0.5, 0.6) is 0 Å². The zero-order chi connectivity index (χ0) is 18.6. The molecule has 0 radical (unpaired) electrons. The number of fused-ring (bicyclic) bond motifs is 3. The largest absolute Gasteiger partial charge is 0.456 e.